The Morgan fingerprint density at radius 2 is 1.84 bits per heavy atom. The highest BCUT2D eigenvalue weighted by atomic mass is 19.1. The van der Waals surface area contributed by atoms with Gasteiger partial charge in [-0.2, -0.15) is 4.39 Å². The average molecular weight is 264 g/mol. The zero-order valence-corrected chi connectivity index (χ0v) is 9.77. The second-order valence-electron chi connectivity index (χ2n) is 3.87. The van der Waals surface area contributed by atoms with Gasteiger partial charge in [0.05, 0.1) is 4.92 Å². The van der Waals surface area contributed by atoms with Gasteiger partial charge >= 0.3 is 5.69 Å². The predicted octanol–water partition coefficient (Wildman–Crippen LogP) is 3.49. The minimum Gasteiger partial charge on any atom is -0.381 e. The number of nitrogens with one attached hydrogen (secondary N) is 1. The van der Waals surface area contributed by atoms with Crippen molar-refractivity contribution >= 4 is 11.4 Å². The number of benzene rings is 2. The minimum absolute atomic E-state index is 0.171. The van der Waals surface area contributed by atoms with E-state index in [1.165, 1.54) is 12.1 Å². The molecule has 0 spiro atoms. The molecule has 0 fully saturated rings. The monoisotopic (exact) mass is 264 g/mol. The van der Waals surface area contributed by atoms with Crippen LogP contribution in [0, 0.1) is 21.7 Å². The van der Waals surface area contributed by atoms with E-state index in [4.69, 9.17) is 0 Å². The summed E-state index contributed by atoms with van der Waals surface area (Å²) in [7, 11) is 0. The van der Waals surface area contributed by atoms with Gasteiger partial charge in [-0.3, -0.25) is 10.1 Å². The number of hydrogen-bond acceptors (Lipinski definition) is 3. The summed E-state index contributed by atoms with van der Waals surface area (Å²) in [4.78, 5) is 9.66. The Bertz CT molecular complexity index is 617. The molecule has 19 heavy (non-hydrogen) atoms. The van der Waals surface area contributed by atoms with Gasteiger partial charge in [-0.1, -0.05) is 18.2 Å². The molecule has 0 aliphatic heterocycles. The van der Waals surface area contributed by atoms with Crippen LogP contribution >= 0.6 is 0 Å². The standard InChI is InChI=1S/C13H10F2N2O2/c14-11-4-2-1-3-9(11)8-16-10-5-6-13(17(18)19)12(15)7-10/h1-7,16H,8H2. The fourth-order valence-electron chi connectivity index (χ4n) is 1.60. The number of anilines is 1. The molecule has 0 bridgehead atoms. The van der Waals surface area contributed by atoms with Crippen LogP contribution < -0.4 is 5.32 Å². The lowest BCUT2D eigenvalue weighted by Gasteiger charge is -2.07. The van der Waals surface area contributed by atoms with Crippen molar-refractivity contribution in [3.05, 3.63) is 69.8 Å². The van der Waals surface area contributed by atoms with E-state index in [2.05, 4.69) is 5.32 Å². The van der Waals surface area contributed by atoms with Crippen molar-refractivity contribution in [3.63, 3.8) is 0 Å². The van der Waals surface area contributed by atoms with Crippen molar-refractivity contribution in [1.82, 2.24) is 0 Å². The van der Waals surface area contributed by atoms with Crippen LogP contribution in [0.3, 0.4) is 0 Å². The summed E-state index contributed by atoms with van der Waals surface area (Å²) in [5.74, 6) is -1.29. The molecule has 2 aromatic rings. The summed E-state index contributed by atoms with van der Waals surface area (Å²) >= 11 is 0. The fourth-order valence-corrected chi connectivity index (χ4v) is 1.60. The molecule has 98 valence electrons. The normalized spacial score (nSPS) is 10.2. The average Bonchev–Trinajstić information content (AvgIpc) is 2.37. The molecule has 0 radical (unpaired) electrons. The molecule has 1 N–H and O–H groups in total. The third kappa shape index (κ3) is 3.04. The summed E-state index contributed by atoms with van der Waals surface area (Å²) in [5, 5.41) is 13.3. The second kappa shape index (κ2) is 5.43. The Morgan fingerprint density at radius 3 is 2.47 bits per heavy atom. The second-order valence-corrected chi connectivity index (χ2v) is 3.87. The summed E-state index contributed by atoms with van der Waals surface area (Å²) in [6.45, 7) is 0.171. The van der Waals surface area contributed by atoms with Gasteiger partial charge in [0.2, 0.25) is 5.82 Å². The summed E-state index contributed by atoms with van der Waals surface area (Å²) in [5.41, 5.74) is 0.198. The summed E-state index contributed by atoms with van der Waals surface area (Å²) in [6, 6.07) is 9.65. The van der Waals surface area contributed by atoms with Crippen LogP contribution in [-0.2, 0) is 6.54 Å². The fraction of sp³-hybridized carbons (Fsp3) is 0.0769. The highest BCUT2D eigenvalue weighted by Crippen LogP contribution is 2.21. The molecular weight excluding hydrogens is 254 g/mol. The van der Waals surface area contributed by atoms with Gasteiger partial charge in [0.15, 0.2) is 0 Å². The lowest BCUT2D eigenvalue weighted by atomic mass is 10.2. The van der Waals surface area contributed by atoms with Crippen molar-refractivity contribution in [2.45, 2.75) is 6.54 Å². The van der Waals surface area contributed by atoms with E-state index in [-0.39, 0.29) is 12.4 Å². The molecule has 0 amide bonds. The van der Waals surface area contributed by atoms with Gasteiger partial charge in [-0.15, -0.1) is 0 Å². The molecule has 0 aliphatic rings. The van der Waals surface area contributed by atoms with E-state index in [1.807, 2.05) is 0 Å². The third-order valence-electron chi connectivity index (χ3n) is 2.59. The molecule has 0 unspecified atom stereocenters. The van der Waals surface area contributed by atoms with Gasteiger partial charge < -0.3 is 5.32 Å². The number of nitro groups is 1. The molecule has 6 heteroatoms. The van der Waals surface area contributed by atoms with E-state index in [9.17, 15) is 18.9 Å². The van der Waals surface area contributed by atoms with Crippen molar-refractivity contribution in [3.8, 4) is 0 Å². The Balaban J connectivity index is 2.11. The topological polar surface area (TPSA) is 55.2 Å². The largest absolute Gasteiger partial charge is 0.381 e. The zero-order chi connectivity index (χ0) is 13.8. The molecule has 2 aromatic carbocycles. The van der Waals surface area contributed by atoms with Crippen molar-refractivity contribution in [1.29, 1.82) is 0 Å². The Hall–Kier alpha value is -2.50. The molecular formula is C13H10F2N2O2. The first-order valence-electron chi connectivity index (χ1n) is 5.49. The van der Waals surface area contributed by atoms with Crippen LogP contribution in [0.25, 0.3) is 0 Å². The van der Waals surface area contributed by atoms with Gasteiger partial charge in [0, 0.05) is 29.9 Å². The molecule has 0 saturated heterocycles. The molecule has 4 nitrogen and oxygen atoms in total. The maximum Gasteiger partial charge on any atom is 0.304 e. The van der Waals surface area contributed by atoms with E-state index < -0.39 is 16.4 Å². The number of halogens is 2. The first kappa shape index (κ1) is 12.9. The molecule has 2 rings (SSSR count). The molecule has 0 aliphatic carbocycles. The third-order valence-corrected chi connectivity index (χ3v) is 2.59. The number of nitrogens with zero attached hydrogens (tertiary/aromatic N) is 1. The predicted molar refractivity (Wildman–Crippen MR) is 66.8 cm³/mol. The van der Waals surface area contributed by atoms with Crippen LogP contribution in [0.2, 0.25) is 0 Å². The van der Waals surface area contributed by atoms with E-state index in [1.54, 1.807) is 18.2 Å². The first-order chi connectivity index (χ1) is 9.08. The van der Waals surface area contributed by atoms with Gasteiger partial charge in [0.25, 0.3) is 0 Å². The van der Waals surface area contributed by atoms with Gasteiger partial charge in [-0.25, -0.2) is 4.39 Å². The smallest absolute Gasteiger partial charge is 0.304 e. The highest BCUT2D eigenvalue weighted by molar-refractivity contribution is 5.49. The van der Waals surface area contributed by atoms with E-state index in [0.717, 1.165) is 12.1 Å². The Kier molecular flexibility index (Phi) is 3.70. The lowest BCUT2D eigenvalue weighted by Crippen LogP contribution is -2.02. The van der Waals surface area contributed by atoms with Crippen LogP contribution in [0.1, 0.15) is 5.56 Å². The van der Waals surface area contributed by atoms with Crippen LogP contribution in [0.5, 0.6) is 0 Å². The first-order valence-corrected chi connectivity index (χ1v) is 5.49. The molecule has 0 heterocycles. The highest BCUT2D eigenvalue weighted by Gasteiger charge is 2.13. The minimum atomic E-state index is -0.927. The Morgan fingerprint density at radius 1 is 1.11 bits per heavy atom. The van der Waals surface area contributed by atoms with Crippen molar-refractivity contribution in [2.75, 3.05) is 5.32 Å². The van der Waals surface area contributed by atoms with E-state index in [0.29, 0.717) is 11.3 Å². The van der Waals surface area contributed by atoms with E-state index >= 15 is 0 Å². The lowest BCUT2D eigenvalue weighted by molar-refractivity contribution is -0.387. The van der Waals surface area contributed by atoms with Crippen molar-refractivity contribution in [2.24, 2.45) is 0 Å². The van der Waals surface area contributed by atoms with Crippen LogP contribution in [0.15, 0.2) is 42.5 Å². The molecule has 0 atom stereocenters. The Labute approximate surface area is 107 Å². The van der Waals surface area contributed by atoms with Gasteiger partial charge in [0.1, 0.15) is 5.82 Å². The summed E-state index contributed by atoms with van der Waals surface area (Å²) < 4.78 is 26.7. The van der Waals surface area contributed by atoms with Crippen LogP contribution in [-0.4, -0.2) is 4.92 Å². The number of nitro benzene ring substituents is 1. The number of rotatable bonds is 4. The van der Waals surface area contributed by atoms with Crippen LogP contribution in [0.4, 0.5) is 20.2 Å². The number of hydrogen-bond donors (Lipinski definition) is 1. The maximum atomic E-state index is 13.4. The maximum absolute atomic E-state index is 13.4. The molecule has 0 saturated carbocycles. The quantitative estimate of drug-likeness (QED) is 0.679. The zero-order valence-electron chi connectivity index (χ0n) is 9.77. The molecule has 0 aromatic heterocycles. The van der Waals surface area contributed by atoms with Gasteiger partial charge in [-0.05, 0) is 12.1 Å². The SMILES string of the molecule is O=[N+]([O-])c1ccc(NCc2ccccc2F)cc1F. The summed E-state index contributed by atoms with van der Waals surface area (Å²) in [6.07, 6.45) is 0. The van der Waals surface area contributed by atoms with Crippen molar-refractivity contribution < 1.29 is 13.7 Å².